The summed E-state index contributed by atoms with van der Waals surface area (Å²) in [5.41, 5.74) is 0.435. The number of nitrogens with one attached hydrogen (secondary N) is 1. The second-order valence-electron chi connectivity index (χ2n) is 5.92. The molecule has 1 aliphatic heterocycles. The molecule has 0 unspecified atom stereocenters. The van der Waals surface area contributed by atoms with E-state index in [4.69, 9.17) is 33.0 Å². The molecule has 2 heterocycles. The van der Waals surface area contributed by atoms with E-state index in [1.165, 1.54) is 0 Å². The first-order chi connectivity index (χ1) is 12.1. The van der Waals surface area contributed by atoms with E-state index in [9.17, 15) is 4.79 Å². The van der Waals surface area contributed by atoms with E-state index in [-0.39, 0.29) is 18.6 Å². The van der Waals surface area contributed by atoms with Crippen molar-refractivity contribution in [2.24, 2.45) is 0 Å². The van der Waals surface area contributed by atoms with Gasteiger partial charge in [0.05, 0.1) is 5.02 Å². The predicted octanol–water partition coefficient (Wildman–Crippen LogP) is 3.73. The Balaban J connectivity index is 1.44. The van der Waals surface area contributed by atoms with E-state index < -0.39 is 0 Å². The van der Waals surface area contributed by atoms with Crippen molar-refractivity contribution in [2.45, 2.75) is 25.5 Å². The number of benzene rings is 1. The van der Waals surface area contributed by atoms with Crippen LogP contribution in [-0.2, 0) is 11.4 Å². The number of ether oxygens (including phenoxy) is 1. The summed E-state index contributed by atoms with van der Waals surface area (Å²) in [6, 6.07) is 11.1. The molecule has 1 N–H and O–H groups in total. The van der Waals surface area contributed by atoms with Crippen molar-refractivity contribution in [3.8, 4) is 5.75 Å². The molecule has 128 valence electrons. The molecule has 1 amide bonds. The van der Waals surface area contributed by atoms with Crippen LogP contribution in [0, 0.1) is 0 Å². The van der Waals surface area contributed by atoms with Crippen molar-refractivity contribution in [2.75, 3.05) is 0 Å². The fraction of sp³-hybridized carbons (Fsp3) is 0.222. The monoisotopic (exact) mass is 374 g/mol. The molecule has 2 aromatic rings. The van der Waals surface area contributed by atoms with Gasteiger partial charge in [0, 0.05) is 12.1 Å². The maximum Gasteiger partial charge on any atom is 0.276 e. The number of para-hydroxylation sites is 1. The predicted molar refractivity (Wildman–Crippen MR) is 98.1 cm³/mol. The number of rotatable bonds is 5. The first-order valence-corrected chi connectivity index (χ1v) is 8.73. The van der Waals surface area contributed by atoms with E-state index in [0.717, 1.165) is 12.8 Å². The number of carbonyl (C=O) groups excluding carboxylic acids is 1. The van der Waals surface area contributed by atoms with Gasteiger partial charge in [-0.3, -0.25) is 9.69 Å². The topological polar surface area (TPSA) is 54.7 Å². The maximum atomic E-state index is 12.4. The molecule has 0 bridgehead atoms. The van der Waals surface area contributed by atoms with Crippen LogP contribution in [0.1, 0.15) is 24.4 Å². The lowest BCUT2D eigenvalue weighted by Gasteiger charge is -2.11. The minimum Gasteiger partial charge on any atom is -0.484 e. The fourth-order valence-corrected chi connectivity index (χ4v) is 3.15. The Morgan fingerprint density at radius 2 is 2.12 bits per heavy atom. The van der Waals surface area contributed by atoms with Crippen LogP contribution in [0.3, 0.4) is 0 Å². The molecular formula is C18H15ClN2O3S. The molecule has 0 spiro atoms. The Kier molecular flexibility index (Phi) is 4.23. The first kappa shape index (κ1) is 16.2. The van der Waals surface area contributed by atoms with Crippen LogP contribution in [0.2, 0.25) is 5.02 Å². The Bertz CT molecular complexity index is 873. The van der Waals surface area contributed by atoms with Gasteiger partial charge < -0.3 is 14.5 Å². The summed E-state index contributed by atoms with van der Waals surface area (Å²) < 4.78 is 11.3. The highest BCUT2D eigenvalue weighted by Gasteiger charge is 2.41. The van der Waals surface area contributed by atoms with Crippen molar-refractivity contribution in [1.82, 2.24) is 10.2 Å². The summed E-state index contributed by atoms with van der Waals surface area (Å²) in [6.45, 7) is 0.251. The van der Waals surface area contributed by atoms with Gasteiger partial charge in [-0.05, 0) is 49.3 Å². The summed E-state index contributed by atoms with van der Waals surface area (Å²) in [7, 11) is 0. The van der Waals surface area contributed by atoms with Crippen molar-refractivity contribution in [3.05, 3.63) is 58.6 Å². The molecule has 1 aromatic heterocycles. The number of amides is 1. The number of hydrogen-bond acceptors (Lipinski definition) is 4. The molecule has 4 rings (SSSR count). The highest BCUT2D eigenvalue weighted by Crippen LogP contribution is 2.31. The average Bonchev–Trinajstić information content (AvgIpc) is 3.25. The van der Waals surface area contributed by atoms with Crippen LogP contribution < -0.4 is 10.1 Å². The van der Waals surface area contributed by atoms with Gasteiger partial charge in [0.2, 0.25) is 0 Å². The van der Waals surface area contributed by atoms with Crippen molar-refractivity contribution in [3.63, 3.8) is 0 Å². The third-order valence-corrected chi connectivity index (χ3v) is 4.61. The second-order valence-corrected chi connectivity index (χ2v) is 6.71. The standard InChI is InChI=1S/C18H15ClN2O3S/c19-14-3-1-2-4-16(14)23-10-13-8-7-12(24-13)9-15-17(22)21(11-5-6-11)18(25)20-15/h1-4,7-9,11H,5-6,10H2,(H,20,25)/b15-9+. The number of carbonyl (C=O) groups is 1. The molecule has 7 heteroatoms. The molecule has 1 aliphatic carbocycles. The number of nitrogens with zero attached hydrogens (tertiary/aromatic N) is 1. The highest BCUT2D eigenvalue weighted by atomic mass is 35.5. The van der Waals surface area contributed by atoms with Crippen LogP contribution >= 0.6 is 23.8 Å². The molecular weight excluding hydrogens is 360 g/mol. The Morgan fingerprint density at radius 3 is 2.88 bits per heavy atom. The third-order valence-electron chi connectivity index (χ3n) is 4.00. The molecule has 1 aromatic carbocycles. The first-order valence-electron chi connectivity index (χ1n) is 7.94. The van der Waals surface area contributed by atoms with E-state index in [1.807, 2.05) is 12.1 Å². The summed E-state index contributed by atoms with van der Waals surface area (Å²) in [5.74, 6) is 1.70. The largest absolute Gasteiger partial charge is 0.484 e. The number of furan rings is 1. The summed E-state index contributed by atoms with van der Waals surface area (Å²) in [4.78, 5) is 14.0. The van der Waals surface area contributed by atoms with Gasteiger partial charge >= 0.3 is 0 Å². The summed E-state index contributed by atoms with van der Waals surface area (Å²) in [5, 5.41) is 3.97. The van der Waals surface area contributed by atoms with Gasteiger partial charge in [0.1, 0.15) is 29.6 Å². The van der Waals surface area contributed by atoms with Crippen LogP contribution in [0.15, 0.2) is 46.5 Å². The lowest BCUT2D eigenvalue weighted by Crippen LogP contribution is -2.32. The van der Waals surface area contributed by atoms with Crippen molar-refractivity contribution >= 4 is 40.9 Å². The molecule has 5 nitrogen and oxygen atoms in total. The molecule has 1 saturated heterocycles. The van der Waals surface area contributed by atoms with E-state index in [0.29, 0.717) is 33.1 Å². The van der Waals surface area contributed by atoms with Gasteiger partial charge in [0.25, 0.3) is 5.91 Å². The van der Waals surface area contributed by atoms with Crippen LogP contribution in [0.4, 0.5) is 0 Å². The fourth-order valence-electron chi connectivity index (χ4n) is 2.62. The lowest BCUT2D eigenvalue weighted by molar-refractivity contribution is -0.122. The van der Waals surface area contributed by atoms with Gasteiger partial charge in [-0.25, -0.2) is 0 Å². The normalized spacial score (nSPS) is 18.8. The molecule has 1 saturated carbocycles. The Hall–Kier alpha value is -2.31. The lowest BCUT2D eigenvalue weighted by atomic mass is 10.3. The molecule has 2 aliphatic rings. The van der Waals surface area contributed by atoms with E-state index in [2.05, 4.69) is 5.32 Å². The number of thiocarbonyl (C=S) groups is 1. The van der Waals surface area contributed by atoms with Crippen molar-refractivity contribution in [1.29, 1.82) is 0 Å². The summed E-state index contributed by atoms with van der Waals surface area (Å²) >= 11 is 11.3. The van der Waals surface area contributed by atoms with Crippen LogP contribution in [0.5, 0.6) is 5.75 Å². The maximum absolute atomic E-state index is 12.4. The second kappa shape index (κ2) is 6.54. The molecule has 25 heavy (non-hydrogen) atoms. The van der Waals surface area contributed by atoms with Crippen LogP contribution in [-0.4, -0.2) is 22.0 Å². The van der Waals surface area contributed by atoms with Crippen molar-refractivity contribution < 1.29 is 13.9 Å². The molecule has 0 atom stereocenters. The summed E-state index contributed by atoms with van der Waals surface area (Å²) in [6.07, 6.45) is 3.67. The molecule has 2 fully saturated rings. The SMILES string of the molecule is O=C1/C(=C\c2ccc(COc3ccccc3Cl)o2)NC(=S)N1C1CC1. The zero-order valence-electron chi connectivity index (χ0n) is 13.2. The Morgan fingerprint density at radius 1 is 1.32 bits per heavy atom. The minimum absolute atomic E-state index is 0.0993. The quantitative estimate of drug-likeness (QED) is 0.638. The number of halogens is 1. The van der Waals surface area contributed by atoms with Gasteiger partial charge in [-0.2, -0.15) is 0 Å². The third kappa shape index (κ3) is 3.41. The molecule has 0 radical (unpaired) electrons. The zero-order valence-corrected chi connectivity index (χ0v) is 14.8. The van der Waals surface area contributed by atoms with Gasteiger partial charge in [0.15, 0.2) is 5.11 Å². The number of hydrogen-bond donors (Lipinski definition) is 1. The minimum atomic E-state index is -0.0993. The van der Waals surface area contributed by atoms with E-state index >= 15 is 0 Å². The Labute approximate surface area is 155 Å². The van der Waals surface area contributed by atoms with Crippen LogP contribution in [0.25, 0.3) is 6.08 Å². The van der Waals surface area contributed by atoms with Gasteiger partial charge in [-0.15, -0.1) is 0 Å². The highest BCUT2D eigenvalue weighted by molar-refractivity contribution is 7.80. The zero-order chi connectivity index (χ0) is 17.4. The smallest absolute Gasteiger partial charge is 0.276 e. The van der Waals surface area contributed by atoms with Gasteiger partial charge in [-0.1, -0.05) is 23.7 Å². The van der Waals surface area contributed by atoms with E-state index in [1.54, 1.807) is 35.2 Å². The average molecular weight is 375 g/mol.